The van der Waals surface area contributed by atoms with Crippen molar-refractivity contribution in [1.29, 1.82) is 0 Å². The molecule has 2 fully saturated rings. The molecule has 38 heavy (non-hydrogen) atoms. The van der Waals surface area contributed by atoms with Crippen LogP contribution < -0.4 is 10.2 Å². The number of urea groups is 1. The quantitative estimate of drug-likeness (QED) is 0.227. The van der Waals surface area contributed by atoms with Crippen LogP contribution in [0.15, 0.2) is 52.7 Å². The van der Waals surface area contributed by atoms with Gasteiger partial charge in [0.25, 0.3) is 17.5 Å². The monoisotopic (exact) mass is 519 g/mol. The number of carbonyl (C=O) groups is 3. The molecule has 0 spiro atoms. The minimum atomic E-state index is -0.827. The Hall–Kier alpha value is -4.71. The fraction of sp³-hybridized carbons (Fsp3) is 0.269. The normalized spacial score (nSPS) is 17.3. The molecule has 0 saturated carbocycles. The van der Waals surface area contributed by atoms with E-state index < -0.39 is 22.8 Å². The number of aryl methyl sites for hydroxylation is 1. The molecule has 0 atom stereocenters. The Kier molecular flexibility index (Phi) is 6.55. The standard InChI is InChI=1S/C26H25N5O7/c1-16-12-18(13-21-24(32)27-26(34)29(25(21)33)15-20-4-3-9-38-20)17(2)30(16)19-5-6-22(23(14-19)31(35)36)28-7-10-37-11-8-28/h3-6,9,12-14H,7-8,10-11,15H2,1-2H3,(H,27,32,34)/b21-13-. The number of benzene rings is 1. The lowest BCUT2D eigenvalue weighted by molar-refractivity contribution is -0.384. The Morgan fingerprint density at radius 3 is 2.55 bits per heavy atom. The number of hydrogen-bond donors (Lipinski definition) is 1. The van der Waals surface area contributed by atoms with E-state index in [9.17, 15) is 24.5 Å². The van der Waals surface area contributed by atoms with Crippen molar-refractivity contribution in [3.8, 4) is 5.69 Å². The summed E-state index contributed by atoms with van der Waals surface area (Å²) in [5.41, 5.74) is 2.84. The summed E-state index contributed by atoms with van der Waals surface area (Å²) in [6.07, 6.45) is 2.85. The highest BCUT2D eigenvalue weighted by Gasteiger charge is 2.36. The average Bonchev–Trinajstić information content (AvgIpc) is 3.51. The van der Waals surface area contributed by atoms with E-state index in [0.29, 0.717) is 54.7 Å². The summed E-state index contributed by atoms with van der Waals surface area (Å²) in [5.74, 6) is -1.15. The molecular formula is C26H25N5O7. The van der Waals surface area contributed by atoms with E-state index in [-0.39, 0.29) is 17.8 Å². The number of aromatic nitrogens is 1. The predicted molar refractivity (Wildman–Crippen MR) is 136 cm³/mol. The number of barbiturate groups is 1. The smallest absolute Gasteiger partial charge is 0.331 e. The van der Waals surface area contributed by atoms with Gasteiger partial charge < -0.3 is 18.6 Å². The van der Waals surface area contributed by atoms with Crippen molar-refractivity contribution in [3.05, 3.63) is 81.1 Å². The number of anilines is 1. The zero-order valence-corrected chi connectivity index (χ0v) is 20.8. The van der Waals surface area contributed by atoms with Crippen LogP contribution in [0.5, 0.6) is 0 Å². The van der Waals surface area contributed by atoms with E-state index in [2.05, 4.69) is 5.32 Å². The summed E-state index contributed by atoms with van der Waals surface area (Å²) in [5, 5.41) is 14.1. The highest BCUT2D eigenvalue weighted by Crippen LogP contribution is 2.33. The van der Waals surface area contributed by atoms with Gasteiger partial charge in [-0.05, 0) is 55.8 Å². The van der Waals surface area contributed by atoms with Crippen LogP contribution in [0.3, 0.4) is 0 Å². The fourth-order valence-corrected chi connectivity index (χ4v) is 4.75. The topological polar surface area (TPSA) is 140 Å². The highest BCUT2D eigenvalue weighted by atomic mass is 16.6. The van der Waals surface area contributed by atoms with Gasteiger partial charge in [-0.15, -0.1) is 0 Å². The number of carbonyl (C=O) groups excluding carboxylic acids is 3. The first kappa shape index (κ1) is 25.0. The van der Waals surface area contributed by atoms with Gasteiger partial charge in [0.1, 0.15) is 17.0 Å². The Bertz CT molecular complexity index is 1470. The Labute approximate surface area is 217 Å². The van der Waals surface area contributed by atoms with E-state index in [1.54, 1.807) is 37.3 Å². The summed E-state index contributed by atoms with van der Waals surface area (Å²) < 4.78 is 12.4. The number of nitro groups is 1. The number of nitrogens with zero attached hydrogens (tertiary/aromatic N) is 4. The molecule has 0 aliphatic carbocycles. The lowest BCUT2D eigenvalue weighted by Gasteiger charge is -2.28. The van der Waals surface area contributed by atoms with Crippen molar-refractivity contribution in [2.75, 3.05) is 31.2 Å². The van der Waals surface area contributed by atoms with Gasteiger partial charge in [-0.3, -0.25) is 29.9 Å². The molecule has 0 unspecified atom stereocenters. The van der Waals surface area contributed by atoms with Gasteiger partial charge in [0.05, 0.1) is 36.6 Å². The largest absolute Gasteiger partial charge is 0.467 e. The highest BCUT2D eigenvalue weighted by molar-refractivity contribution is 6.31. The maximum absolute atomic E-state index is 13.1. The van der Waals surface area contributed by atoms with Crippen LogP contribution in [0.1, 0.15) is 22.7 Å². The second-order valence-electron chi connectivity index (χ2n) is 8.98. The summed E-state index contributed by atoms with van der Waals surface area (Å²) in [6, 6.07) is 9.25. The molecular weight excluding hydrogens is 494 g/mol. The van der Waals surface area contributed by atoms with Crippen molar-refractivity contribution in [1.82, 2.24) is 14.8 Å². The zero-order chi connectivity index (χ0) is 27.0. The molecule has 4 amide bonds. The molecule has 2 aliphatic rings. The molecule has 12 heteroatoms. The minimum absolute atomic E-state index is 0.0225. The number of nitrogens with one attached hydrogen (secondary N) is 1. The van der Waals surface area contributed by atoms with Crippen LogP contribution in [0.4, 0.5) is 16.2 Å². The van der Waals surface area contributed by atoms with Crippen LogP contribution in [0.25, 0.3) is 11.8 Å². The predicted octanol–water partition coefficient (Wildman–Crippen LogP) is 3.09. The lowest BCUT2D eigenvalue weighted by Crippen LogP contribution is -2.53. The van der Waals surface area contributed by atoms with Crippen molar-refractivity contribution < 1.29 is 28.5 Å². The van der Waals surface area contributed by atoms with Gasteiger partial charge in [0.2, 0.25) is 0 Å². The van der Waals surface area contributed by atoms with Crippen LogP contribution in [-0.2, 0) is 20.9 Å². The first-order valence-corrected chi connectivity index (χ1v) is 12.0. The molecule has 2 aliphatic heterocycles. The maximum atomic E-state index is 13.1. The van der Waals surface area contributed by atoms with E-state index in [4.69, 9.17) is 9.15 Å². The Morgan fingerprint density at radius 1 is 1.11 bits per heavy atom. The maximum Gasteiger partial charge on any atom is 0.331 e. The number of furan rings is 1. The van der Waals surface area contributed by atoms with E-state index in [0.717, 1.165) is 10.6 Å². The molecule has 5 rings (SSSR count). The van der Waals surface area contributed by atoms with Gasteiger partial charge in [-0.2, -0.15) is 0 Å². The zero-order valence-electron chi connectivity index (χ0n) is 20.8. The molecule has 1 N–H and O–H groups in total. The molecule has 2 saturated heterocycles. The number of morpholine rings is 1. The van der Waals surface area contributed by atoms with Crippen molar-refractivity contribution in [2.45, 2.75) is 20.4 Å². The number of amides is 4. The average molecular weight is 520 g/mol. The fourth-order valence-electron chi connectivity index (χ4n) is 4.75. The molecule has 2 aromatic heterocycles. The third-order valence-electron chi connectivity index (χ3n) is 6.62. The summed E-state index contributed by atoms with van der Waals surface area (Å²) >= 11 is 0. The number of hydrogen-bond acceptors (Lipinski definition) is 8. The first-order chi connectivity index (χ1) is 18.2. The Morgan fingerprint density at radius 2 is 1.87 bits per heavy atom. The molecule has 3 aromatic rings. The second kappa shape index (κ2) is 9.98. The van der Waals surface area contributed by atoms with Gasteiger partial charge in [-0.25, -0.2) is 4.79 Å². The van der Waals surface area contributed by atoms with Crippen molar-refractivity contribution in [3.63, 3.8) is 0 Å². The molecule has 196 valence electrons. The van der Waals surface area contributed by atoms with Gasteiger partial charge >= 0.3 is 6.03 Å². The van der Waals surface area contributed by atoms with Crippen molar-refractivity contribution in [2.24, 2.45) is 0 Å². The van der Waals surface area contributed by atoms with Gasteiger partial charge in [-0.1, -0.05) is 0 Å². The number of ether oxygens (including phenoxy) is 1. The molecule has 12 nitrogen and oxygen atoms in total. The third kappa shape index (κ3) is 4.57. The third-order valence-corrected chi connectivity index (χ3v) is 6.62. The molecule has 4 heterocycles. The molecule has 0 bridgehead atoms. The van der Waals surface area contributed by atoms with Crippen LogP contribution in [0.2, 0.25) is 0 Å². The number of rotatable bonds is 6. The number of imide groups is 2. The second-order valence-corrected chi connectivity index (χ2v) is 8.98. The van der Waals surface area contributed by atoms with Gasteiger partial charge in [0, 0.05) is 30.5 Å². The van der Waals surface area contributed by atoms with E-state index in [1.165, 1.54) is 18.4 Å². The van der Waals surface area contributed by atoms with E-state index in [1.807, 2.05) is 16.4 Å². The van der Waals surface area contributed by atoms with Crippen molar-refractivity contribution >= 4 is 35.3 Å². The van der Waals surface area contributed by atoms with Crippen LogP contribution in [-0.4, -0.2) is 58.5 Å². The van der Waals surface area contributed by atoms with Gasteiger partial charge in [0.15, 0.2) is 0 Å². The minimum Gasteiger partial charge on any atom is -0.467 e. The van der Waals surface area contributed by atoms with E-state index >= 15 is 0 Å². The van der Waals surface area contributed by atoms with Crippen LogP contribution in [0, 0.1) is 24.0 Å². The Balaban J connectivity index is 1.49. The summed E-state index contributed by atoms with van der Waals surface area (Å²) in [4.78, 5) is 52.4. The van der Waals surface area contributed by atoms with Crippen LogP contribution >= 0.6 is 0 Å². The summed E-state index contributed by atoms with van der Waals surface area (Å²) in [6.45, 7) is 5.63. The SMILES string of the molecule is Cc1cc(/C=C2/C(=O)NC(=O)N(Cc3ccco3)C2=O)c(C)n1-c1ccc(N2CCOCC2)c([N+](=O)[O-])c1. The molecule has 0 radical (unpaired) electrons. The summed E-state index contributed by atoms with van der Waals surface area (Å²) in [7, 11) is 0. The number of nitro benzene ring substituents is 1. The molecule has 1 aromatic carbocycles. The lowest BCUT2D eigenvalue weighted by atomic mass is 10.1. The first-order valence-electron chi connectivity index (χ1n) is 12.0.